The highest BCUT2D eigenvalue weighted by Gasteiger charge is 2.31. The Morgan fingerprint density at radius 3 is 2.45 bits per heavy atom. The van der Waals surface area contributed by atoms with E-state index in [9.17, 15) is 4.79 Å². The first-order valence-electron chi connectivity index (χ1n) is 6.98. The van der Waals surface area contributed by atoms with Crippen LogP contribution in [0.25, 0.3) is 0 Å². The standard InChI is InChI=1S/C16H23NO3/c1-16(2,3)11-5-7-12(8-6-11)20-13-9-14(17-10-13)15(18)19-4/h5-8,13-14,17H,9-10H2,1-4H3/t13-,14-/m0/s1. The van der Waals surface area contributed by atoms with E-state index in [0.717, 1.165) is 5.75 Å². The number of esters is 1. The Kier molecular flexibility index (Phi) is 4.33. The summed E-state index contributed by atoms with van der Waals surface area (Å²) in [6.07, 6.45) is 0.660. The molecule has 0 aromatic heterocycles. The topological polar surface area (TPSA) is 47.6 Å². The second-order valence-corrected chi connectivity index (χ2v) is 6.23. The van der Waals surface area contributed by atoms with Gasteiger partial charge in [0.25, 0.3) is 0 Å². The van der Waals surface area contributed by atoms with Gasteiger partial charge in [-0.15, -0.1) is 0 Å². The van der Waals surface area contributed by atoms with E-state index >= 15 is 0 Å². The van der Waals surface area contributed by atoms with Gasteiger partial charge in [0.15, 0.2) is 0 Å². The van der Waals surface area contributed by atoms with Gasteiger partial charge in [-0.1, -0.05) is 32.9 Å². The predicted molar refractivity (Wildman–Crippen MR) is 78.0 cm³/mol. The summed E-state index contributed by atoms with van der Waals surface area (Å²) in [6, 6.07) is 7.92. The Bertz CT molecular complexity index is 462. The van der Waals surface area contributed by atoms with Crippen LogP contribution in [-0.4, -0.2) is 31.8 Å². The SMILES string of the molecule is COC(=O)[C@@H]1C[C@H](Oc2ccc(C(C)(C)C)cc2)CN1. The van der Waals surface area contributed by atoms with E-state index in [1.165, 1.54) is 12.7 Å². The molecule has 2 atom stereocenters. The molecule has 4 heteroatoms. The lowest BCUT2D eigenvalue weighted by atomic mass is 9.87. The van der Waals surface area contributed by atoms with Gasteiger partial charge in [0.05, 0.1) is 7.11 Å². The van der Waals surface area contributed by atoms with Gasteiger partial charge >= 0.3 is 5.97 Å². The molecule has 0 unspecified atom stereocenters. The number of nitrogens with one attached hydrogen (secondary N) is 1. The van der Waals surface area contributed by atoms with Gasteiger partial charge in [-0.05, 0) is 23.1 Å². The molecule has 1 heterocycles. The molecule has 1 aliphatic rings. The van der Waals surface area contributed by atoms with Crippen molar-refractivity contribution in [1.82, 2.24) is 5.32 Å². The molecule has 2 rings (SSSR count). The van der Waals surface area contributed by atoms with Gasteiger partial charge in [0, 0.05) is 13.0 Å². The van der Waals surface area contributed by atoms with Gasteiger partial charge in [0.2, 0.25) is 0 Å². The highest BCUT2D eigenvalue weighted by Crippen LogP contribution is 2.25. The molecule has 1 fully saturated rings. The second-order valence-electron chi connectivity index (χ2n) is 6.23. The molecule has 0 spiro atoms. The van der Waals surface area contributed by atoms with Crippen molar-refractivity contribution < 1.29 is 14.3 Å². The summed E-state index contributed by atoms with van der Waals surface area (Å²) in [5.41, 5.74) is 1.42. The van der Waals surface area contributed by atoms with Gasteiger partial charge in [-0.2, -0.15) is 0 Å². The van der Waals surface area contributed by atoms with Gasteiger partial charge in [0.1, 0.15) is 17.9 Å². The third kappa shape index (κ3) is 3.51. The van der Waals surface area contributed by atoms with Crippen LogP contribution in [0, 0.1) is 0 Å². The molecule has 1 saturated heterocycles. The van der Waals surface area contributed by atoms with E-state index < -0.39 is 0 Å². The number of hydrogen-bond donors (Lipinski definition) is 1. The van der Waals surface area contributed by atoms with Crippen molar-refractivity contribution in [3.63, 3.8) is 0 Å². The first-order valence-corrected chi connectivity index (χ1v) is 6.98. The molecule has 1 aliphatic heterocycles. The summed E-state index contributed by atoms with van der Waals surface area (Å²) in [6.45, 7) is 7.22. The number of benzene rings is 1. The third-order valence-electron chi connectivity index (χ3n) is 3.60. The zero-order valence-corrected chi connectivity index (χ0v) is 12.6. The van der Waals surface area contributed by atoms with E-state index in [1.807, 2.05) is 12.1 Å². The fraction of sp³-hybridized carbons (Fsp3) is 0.562. The Hall–Kier alpha value is -1.55. The minimum absolute atomic E-state index is 0.0135. The predicted octanol–water partition coefficient (Wildman–Crippen LogP) is 2.27. The van der Waals surface area contributed by atoms with Crippen LogP contribution >= 0.6 is 0 Å². The van der Waals surface area contributed by atoms with Crippen molar-refractivity contribution in [3.8, 4) is 5.75 Å². The monoisotopic (exact) mass is 277 g/mol. The number of methoxy groups -OCH3 is 1. The molecule has 0 bridgehead atoms. The smallest absolute Gasteiger partial charge is 0.323 e. The number of carbonyl (C=O) groups excluding carboxylic acids is 1. The van der Waals surface area contributed by atoms with E-state index in [2.05, 4.69) is 38.2 Å². The average Bonchev–Trinajstić information content (AvgIpc) is 2.86. The maximum absolute atomic E-state index is 11.4. The van der Waals surface area contributed by atoms with E-state index in [0.29, 0.717) is 13.0 Å². The van der Waals surface area contributed by atoms with Gasteiger partial charge < -0.3 is 14.8 Å². The van der Waals surface area contributed by atoms with Crippen molar-refractivity contribution in [3.05, 3.63) is 29.8 Å². The summed E-state index contributed by atoms with van der Waals surface area (Å²) in [5, 5.41) is 3.11. The molecular weight excluding hydrogens is 254 g/mol. The van der Waals surface area contributed by atoms with Crippen molar-refractivity contribution >= 4 is 5.97 Å². The second kappa shape index (κ2) is 5.83. The largest absolute Gasteiger partial charge is 0.489 e. The Labute approximate surface area is 120 Å². The molecule has 1 aromatic carbocycles. The van der Waals surface area contributed by atoms with Crippen LogP contribution in [0.15, 0.2) is 24.3 Å². The highest BCUT2D eigenvalue weighted by molar-refractivity contribution is 5.76. The number of hydrogen-bond acceptors (Lipinski definition) is 4. The summed E-state index contributed by atoms with van der Waals surface area (Å²) < 4.78 is 10.6. The number of carbonyl (C=O) groups is 1. The fourth-order valence-electron chi connectivity index (χ4n) is 2.34. The average molecular weight is 277 g/mol. The minimum Gasteiger partial charge on any atom is -0.489 e. The zero-order chi connectivity index (χ0) is 14.8. The molecule has 1 aromatic rings. The third-order valence-corrected chi connectivity index (χ3v) is 3.60. The van der Waals surface area contributed by atoms with E-state index in [4.69, 9.17) is 9.47 Å². The quantitative estimate of drug-likeness (QED) is 0.861. The van der Waals surface area contributed by atoms with Crippen LogP contribution in [-0.2, 0) is 14.9 Å². The van der Waals surface area contributed by atoms with E-state index in [-0.39, 0.29) is 23.5 Å². The van der Waals surface area contributed by atoms with Crippen LogP contribution in [0.5, 0.6) is 5.75 Å². The first kappa shape index (κ1) is 14.9. The van der Waals surface area contributed by atoms with Crippen molar-refractivity contribution in [2.75, 3.05) is 13.7 Å². The van der Waals surface area contributed by atoms with Crippen molar-refractivity contribution in [1.29, 1.82) is 0 Å². The molecule has 0 aliphatic carbocycles. The lowest BCUT2D eigenvalue weighted by Gasteiger charge is -2.20. The van der Waals surface area contributed by atoms with Gasteiger partial charge in [-0.3, -0.25) is 4.79 Å². The molecule has 0 amide bonds. The number of ether oxygens (including phenoxy) is 2. The maximum atomic E-state index is 11.4. The summed E-state index contributed by atoms with van der Waals surface area (Å²) >= 11 is 0. The Morgan fingerprint density at radius 1 is 1.25 bits per heavy atom. The van der Waals surface area contributed by atoms with Crippen molar-refractivity contribution in [2.24, 2.45) is 0 Å². The van der Waals surface area contributed by atoms with Crippen LogP contribution < -0.4 is 10.1 Å². The molecule has 110 valence electrons. The molecule has 1 N–H and O–H groups in total. The lowest BCUT2D eigenvalue weighted by Crippen LogP contribution is -2.31. The Balaban J connectivity index is 1.93. The summed E-state index contributed by atoms with van der Waals surface area (Å²) in [7, 11) is 1.41. The van der Waals surface area contributed by atoms with Crippen molar-refractivity contribution in [2.45, 2.75) is 44.8 Å². The van der Waals surface area contributed by atoms with Crippen LogP contribution in [0.4, 0.5) is 0 Å². The zero-order valence-electron chi connectivity index (χ0n) is 12.6. The van der Waals surface area contributed by atoms with Gasteiger partial charge in [-0.25, -0.2) is 0 Å². The molecule has 4 nitrogen and oxygen atoms in total. The molecule has 0 saturated carbocycles. The van der Waals surface area contributed by atoms with Crippen LogP contribution in [0.1, 0.15) is 32.8 Å². The molecule has 0 radical (unpaired) electrons. The Morgan fingerprint density at radius 2 is 1.90 bits per heavy atom. The maximum Gasteiger partial charge on any atom is 0.323 e. The van der Waals surface area contributed by atoms with Crippen LogP contribution in [0.2, 0.25) is 0 Å². The fourth-order valence-corrected chi connectivity index (χ4v) is 2.34. The lowest BCUT2D eigenvalue weighted by molar-refractivity contribution is -0.142. The summed E-state index contributed by atoms with van der Waals surface area (Å²) in [5.74, 6) is 0.620. The molecule has 20 heavy (non-hydrogen) atoms. The highest BCUT2D eigenvalue weighted by atomic mass is 16.5. The minimum atomic E-state index is -0.251. The van der Waals surface area contributed by atoms with E-state index in [1.54, 1.807) is 0 Å². The van der Waals surface area contributed by atoms with Crippen LogP contribution in [0.3, 0.4) is 0 Å². The molecular formula is C16H23NO3. The number of rotatable bonds is 3. The first-order chi connectivity index (χ1) is 9.40. The summed E-state index contributed by atoms with van der Waals surface area (Å²) in [4.78, 5) is 11.4. The normalized spacial score (nSPS) is 22.6.